The highest BCUT2D eigenvalue weighted by atomic mass is 16.5. The van der Waals surface area contributed by atoms with Gasteiger partial charge in [0.25, 0.3) is 0 Å². The van der Waals surface area contributed by atoms with Gasteiger partial charge in [-0.15, -0.1) is 0 Å². The molecule has 0 aromatic heterocycles. The number of nitrogens with zero attached hydrogens (tertiary/aromatic N) is 2. The van der Waals surface area contributed by atoms with Gasteiger partial charge in [-0.25, -0.2) is 0 Å². The first-order chi connectivity index (χ1) is 12.6. The van der Waals surface area contributed by atoms with Crippen molar-refractivity contribution in [3.63, 3.8) is 0 Å². The van der Waals surface area contributed by atoms with Crippen molar-refractivity contribution in [2.75, 3.05) is 33.4 Å². The number of hydrogen-bond acceptors (Lipinski definition) is 4. The molecule has 3 fully saturated rings. The Morgan fingerprint density at radius 1 is 1.35 bits per heavy atom. The van der Waals surface area contributed by atoms with Gasteiger partial charge >= 0.3 is 0 Å². The van der Waals surface area contributed by atoms with E-state index in [0.29, 0.717) is 38.3 Å². The zero-order valence-corrected chi connectivity index (χ0v) is 15.0. The molecule has 2 heterocycles. The van der Waals surface area contributed by atoms with E-state index in [1.807, 2.05) is 23.1 Å². The van der Waals surface area contributed by atoms with E-state index in [1.165, 1.54) is 0 Å². The molecule has 2 aliphatic heterocycles. The van der Waals surface area contributed by atoms with Crippen LogP contribution in [0.3, 0.4) is 0 Å². The Balaban J connectivity index is 1.61. The standard InChI is InChI=1S/C20H23N3O3/c1-22-17(24)20-7-8-26-12-16(20)11-23(13-20)18(25)19(5-6-19)15-4-2-3-14(9-15)10-21/h2-4,9,16H,5-8,11-13H2,1H3,(H,22,24)/t16-,20+/m1/s1. The molecule has 0 bridgehead atoms. The minimum absolute atomic E-state index is 0.0115. The van der Waals surface area contributed by atoms with Gasteiger partial charge in [0.2, 0.25) is 11.8 Å². The third-order valence-electron chi connectivity index (χ3n) is 6.38. The van der Waals surface area contributed by atoms with Gasteiger partial charge in [-0.1, -0.05) is 12.1 Å². The van der Waals surface area contributed by atoms with Crippen molar-refractivity contribution in [3.8, 4) is 6.07 Å². The molecule has 2 atom stereocenters. The van der Waals surface area contributed by atoms with Gasteiger partial charge in [0.15, 0.2) is 0 Å². The minimum atomic E-state index is -0.534. The third-order valence-corrected chi connectivity index (χ3v) is 6.38. The van der Waals surface area contributed by atoms with Gasteiger partial charge in [0.1, 0.15) is 0 Å². The lowest BCUT2D eigenvalue weighted by Crippen LogP contribution is -2.50. The quantitative estimate of drug-likeness (QED) is 0.885. The summed E-state index contributed by atoms with van der Waals surface area (Å²) in [4.78, 5) is 27.9. The van der Waals surface area contributed by atoms with Crippen LogP contribution in [-0.2, 0) is 19.7 Å². The summed E-state index contributed by atoms with van der Waals surface area (Å²) in [6, 6.07) is 9.51. The molecule has 2 saturated heterocycles. The van der Waals surface area contributed by atoms with Crippen LogP contribution in [0.2, 0.25) is 0 Å². The second kappa shape index (κ2) is 6.10. The molecular formula is C20H23N3O3. The molecule has 1 N–H and O–H groups in total. The van der Waals surface area contributed by atoms with Crippen LogP contribution >= 0.6 is 0 Å². The smallest absolute Gasteiger partial charge is 0.233 e. The zero-order chi connectivity index (χ0) is 18.4. The number of benzene rings is 1. The molecule has 0 spiro atoms. The number of carbonyl (C=O) groups excluding carboxylic acids is 2. The summed E-state index contributed by atoms with van der Waals surface area (Å²) in [5, 5.41) is 11.9. The van der Waals surface area contributed by atoms with Gasteiger partial charge < -0.3 is 15.0 Å². The number of hydrogen-bond donors (Lipinski definition) is 1. The van der Waals surface area contributed by atoms with Gasteiger partial charge in [0, 0.05) is 32.7 Å². The number of ether oxygens (including phenoxy) is 1. The fourth-order valence-corrected chi connectivity index (χ4v) is 4.66. The van der Waals surface area contributed by atoms with E-state index in [2.05, 4.69) is 11.4 Å². The molecule has 4 rings (SSSR count). The van der Waals surface area contributed by atoms with Crippen molar-refractivity contribution in [1.29, 1.82) is 5.26 Å². The first-order valence-electron chi connectivity index (χ1n) is 9.16. The molecule has 6 heteroatoms. The Labute approximate surface area is 153 Å². The summed E-state index contributed by atoms with van der Waals surface area (Å²) in [5.74, 6) is 0.143. The summed E-state index contributed by atoms with van der Waals surface area (Å²) in [6.07, 6.45) is 2.24. The average Bonchev–Trinajstić information content (AvgIpc) is 3.40. The van der Waals surface area contributed by atoms with Crippen LogP contribution in [-0.4, -0.2) is 50.1 Å². The Bertz CT molecular complexity index is 796. The van der Waals surface area contributed by atoms with Crippen molar-refractivity contribution in [2.45, 2.75) is 24.7 Å². The summed E-state index contributed by atoms with van der Waals surface area (Å²) < 4.78 is 5.59. The normalized spacial score (nSPS) is 28.8. The predicted octanol–water partition coefficient (Wildman–Crippen LogP) is 1.20. The number of fused-ring (bicyclic) bond motifs is 1. The molecule has 136 valence electrons. The number of rotatable bonds is 3. The zero-order valence-electron chi connectivity index (χ0n) is 15.0. The SMILES string of the molecule is CNC(=O)[C@]12CCOC[C@H]1CN(C(=O)C1(c3cccc(C#N)c3)CC1)C2. The maximum atomic E-state index is 13.4. The van der Waals surface area contributed by atoms with E-state index < -0.39 is 10.8 Å². The minimum Gasteiger partial charge on any atom is -0.381 e. The van der Waals surface area contributed by atoms with Crippen LogP contribution in [0.25, 0.3) is 0 Å². The molecule has 0 radical (unpaired) electrons. The topological polar surface area (TPSA) is 82.4 Å². The largest absolute Gasteiger partial charge is 0.381 e. The lowest BCUT2D eigenvalue weighted by atomic mass is 9.73. The van der Waals surface area contributed by atoms with Crippen molar-refractivity contribution in [1.82, 2.24) is 10.2 Å². The molecule has 2 amide bonds. The number of likely N-dealkylation sites (tertiary alicyclic amines) is 1. The Hall–Kier alpha value is -2.39. The first kappa shape index (κ1) is 17.0. The van der Waals surface area contributed by atoms with E-state index in [9.17, 15) is 9.59 Å². The van der Waals surface area contributed by atoms with Crippen LogP contribution in [0.15, 0.2) is 24.3 Å². The van der Waals surface area contributed by atoms with E-state index >= 15 is 0 Å². The van der Waals surface area contributed by atoms with Crippen molar-refractivity contribution < 1.29 is 14.3 Å². The molecule has 1 aromatic rings. The van der Waals surface area contributed by atoms with E-state index in [1.54, 1.807) is 13.1 Å². The van der Waals surface area contributed by atoms with E-state index in [4.69, 9.17) is 10.00 Å². The van der Waals surface area contributed by atoms with E-state index in [-0.39, 0.29) is 17.7 Å². The Kier molecular flexibility index (Phi) is 4.00. The van der Waals surface area contributed by atoms with Gasteiger partial charge in [-0.2, -0.15) is 5.26 Å². The van der Waals surface area contributed by atoms with Crippen LogP contribution in [0, 0.1) is 22.7 Å². The van der Waals surface area contributed by atoms with Crippen LogP contribution in [0.1, 0.15) is 30.4 Å². The number of nitrogens with one attached hydrogen (secondary N) is 1. The van der Waals surface area contributed by atoms with Gasteiger partial charge in [0.05, 0.1) is 29.1 Å². The molecule has 1 saturated carbocycles. The van der Waals surface area contributed by atoms with Crippen LogP contribution < -0.4 is 5.32 Å². The van der Waals surface area contributed by atoms with Crippen molar-refractivity contribution >= 4 is 11.8 Å². The predicted molar refractivity (Wildman–Crippen MR) is 94.1 cm³/mol. The Morgan fingerprint density at radius 3 is 2.85 bits per heavy atom. The monoisotopic (exact) mass is 353 g/mol. The van der Waals surface area contributed by atoms with Gasteiger partial charge in [-0.05, 0) is 37.0 Å². The number of nitriles is 1. The fraction of sp³-hybridized carbons (Fsp3) is 0.550. The molecule has 1 aliphatic carbocycles. The summed E-state index contributed by atoms with van der Waals surface area (Å²) in [7, 11) is 1.66. The van der Waals surface area contributed by atoms with E-state index in [0.717, 1.165) is 18.4 Å². The molecule has 3 aliphatic rings. The fourth-order valence-electron chi connectivity index (χ4n) is 4.66. The second-order valence-corrected chi connectivity index (χ2v) is 7.72. The van der Waals surface area contributed by atoms with Crippen molar-refractivity contribution in [3.05, 3.63) is 35.4 Å². The van der Waals surface area contributed by atoms with Crippen molar-refractivity contribution in [2.24, 2.45) is 11.3 Å². The first-order valence-corrected chi connectivity index (χ1v) is 9.16. The maximum absolute atomic E-state index is 13.4. The van der Waals surface area contributed by atoms with Crippen LogP contribution in [0.5, 0.6) is 0 Å². The van der Waals surface area contributed by atoms with Crippen LogP contribution in [0.4, 0.5) is 0 Å². The molecule has 0 unspecified atom stereocenters. The van der Waals surface area contributed by atoms with Gasteiger partial charge in [-0.3, -0.25) is 9.59 Å². The highest BCUT2D eigenvalue weighted by molar-refractivity contribution is 5.93. The third kappa shape index (κ3) is 2.42. The number of carbonyl (C=O) groups is 2. The summed E-state index contributed by atoms with van der Waals surface area (Å²) >= 11 is 0. The summed E-state index contributed by atoms with van der Waals surface area (Å²) in [6.45, 7) is 2.10. The summed E-state index contributed by atoms with van der Waals surface area (Å²) in [5.41, 5.74) is 0.437. The molecule has 26 heavy (non-hydrogen) atoms. The Morgan fingerprint density at radius 2 is 2.15 bits per heavy atom. The second-order valence-electron chi connectivity index (χ2n) is 7.72. The molecular weight excluding hydrogens is 330 g/mol. The lowest BCUT2D eigenvalue weighted by molar-refractivity contribution is -0.139. The highest BCUT2D eigenvalue weighted by Crippen LogP contribution is 2.52. The lowest BCUT2D eigenvalue weighted by Gasteiger charge is -2.36. The maximum Gasteiger partial charge on any atom is 0.233 e. The number of amides is 2. The highest BCUT2D eigenvalue weighted by Gasteiger charge is 2.59. The molecule has 1 aromatic carbocycles. The molecule has 6 nitrogen and oxygen atoms in total. The average molecular weight is 353 g/mol.